The summed E-state index contributed by atoms with van der Waals surface area (Å²) in [6, 6.07) is 1.87. The highest BCUT2D eigenvalue weighted by molar-refractivity contribution is 9.10. The molecule has 0 aromatic carbocycles. The van der Waals surface area contributed by atoms with Gasteiger partial charge in [-0.1, -0.05) is 0 Å². The van der Waals surface area contributed by atoms with Crippen molar-refractivity contribution in [3.8, 4) is 0 Å². The molecule has 13 heavy (non-hydrogen) atoms. The molecule has 0 saturated carbocycles. The summed E-state index contributed by atoms with van der Waals surface area (Å²) in [6.45, 7) is 1.89. The van der Waals surface area contributed by atoms with Gasteiger partial charge in [-0.3, -0.25) is 9.78 Å². The first-order chi connectivity index (χ1) is 6.13. The molecule has 1 rings (SSSR count). The van der Waals surface area contributed by atoms with E-state index in [1.165, 1.54) is 7.11 Å². The van der Waals surface area contributed by atoms with Crippen LogP contribution in [0.2, 0.25) is 0 Å². The first kappa shape index (κ1) is 10.2. The minimum Gasteiger partial charge on any atom is -0.469 e. The first-order valence-corrected chi connectivity index (χ1v) is 4.60. The molecule has 0 spiro atoms. The fourth-order valence-electron chi connectivity index (χ4n) is 0.881. The minimum atomic E-state index is -0.252. The third-order valence-corrected chi connectivity index (χ3v) is 2.46. The molecule has 3 nitrogen and oxygen atoms in total. The van der Waals surface area contributed by atoms with E-state index >= 15 is 0 Å². The number of halogens is 1. The van der Waals surface area contributed by atoms with E-state index < -0.39 is 0 Å². The SMILES string of the molecule is COC(=O)Cc1cnc(C)c(Br)c1. The second kappa shape index (κ2) is 4.37. The molecular formula is C9H10BrNO2. The average Bonchev–Trinajstić information content (AvgIpc) is 2.11. The quantitative estimate of drug-likeness (QED) is 0.745. The van der Waals surface area contributed by atoms with Crippen molar-refractivity contribution in [1.82, 2.24) is 4.98 Å². The van der Waals surface area contributed by atoms with E-state index in [0.717, 1.165) is 15.7 Å². The van der Waals surface area contributed by atoms with Crippen LogP contribution in [0.5, 0.6) is 0 Å². The van der Waals surface area contributed by atoms with E-state index in [9.17, 15) is 4.79 Å². The summed E-state index contributed by atoms with van der Waals surface area (Å²) >= 11 is 3.34. The van der Waals surface area contributed by atoms with Crippen LogP contribution in [-0.2, 0) is 16.0 Å². The smallest absolute Gasteiger partial charge is 0.310 e. The number of pyridine rings is 1. The van der Waals surface area contributed by atoms with Crippen molar-refractivity contribution in [2.24, 2.45) is 0 Å². The van der Waals surface area contributed by atoms with Crippen molar-refractivity contribution in [3.63, 3.8) is 0 Å². The van der Waals surface area contributed by atoms with E-state index in [-0.39, 0.29) is 12.4 Å². The van der Waals surface area contributed by atoms with Crippen LogP contribution < -0.4 is 0 Å². The Morgan fingerprint density at radius 2 is 2.38 bits per heavy atom. The van der Waals surface area contributed by atoms with Crippen molar-refractivity contribution in [1.29, 1.82) is 0 Å². The highest BCUT2D eigenvalue weighted by Crippen LogP contribution is 2.15. The number of rotatable bonds is 2. The van der Waals surface area contributed by atoms with Gasteiger partial charge >= 0.3 is 5.97 Å². The van der Waals surface area contributed by atoms with Crippen molar-refractivity contribution < 1.29 is 9.53 Å². The zero-order chi connectivity index (χ0) is 9.84. The molecule has 0 bridgehead atoms. The molecule has 1 aromatic rings. The van der Waals surface area contributed by atoms with Crippen molar-refractivity contribution in [2.75, 3.05) is 7.11 Å². The monoisotopic (exact) mass is 243 g/mol. The summed E-state index contributed by atoms with van der Waals surface area (Å²) in [4.78, 5) is 15.0. The normalized spacial score (nSPS) is 9.77. The largest absolute Gasteiger partial charge is 0.469 e. The molecule has 1 heterocycles. The zero-order valence-electron chi connectivity index (χ0n) is 7.50. The number of esters is 1. The van der Waals surface area contributed by atoms with Gasteiger partial charge in [0.15, 0.2) is 0 Å². The summed E-state index contributed by atoms with van der Waals surface area (Å²) in [5.74, 6) is -0.252. The highest BCUT2D eigenvalue weighted by atomic mass is 79.9. The van der Waals surface area contributed by atoms with Gasteiger partial charge in [-0.15, -0.1) is 0 Å². The number of hydrogen-bond acceptors (Lipinski definition) is 3. The van der Waals surface area contributed by atoms with Crippen LogP contribution in [-0.4, -0.2) is 18.1 Å². The number of hydrogen-bond donors (Lipinski definition) is 0. The predicted octanol–water partition coefficient (Wildman–Crippen LogP) is 1.87. The third kappa shape index (κ3) is 2.81. The van der Waals surface area contributed by atoms with Crippen LogP contribution in [0.1, 0.15) is 11.3 Å². The van der Waals surface area contributed by atoms with E-state index in [2.05, 4.69) is 25.7 Å². The van der Waals surface area contributed by atoms with Gasteiger partial charge in [0.2, 0.25) is 0 Å². The second-order valence-corrected chi connectivity index (χ2v) is 3.52. The summed E-state index contributed by atoms with van der Waals surface area (Å²) < 4.78 is 5.45. The van der Waals surface area contributed by atoms with Gasteiger partial charge in [-0.05, 0) is 34.5 Å². The molecule has 4 heteroatoms. The Morgan fingerprint density at radius 3 is 2.92 bits per heavy atom. The van der Waals surface area contributed by atoms with Gasteiger partial charge in [-0.25, -0.2) is 0 Å². The Hall–Kier alpha value is -0.900. The minimum absolute atomic E-state index is 0.252. The van der Waals surface area contributed by atoms with E-state index in [0.29, 0.717) is 0 Å². The van der Waals surface area contributed by atoms with Crippen LogP contribution in [0.15, 0.2) is 16.7 Å². The highest BCUT2D eigenvalue weighted by Gasteiger charge is 2.04. The van der Waals surface area contributed by atoms with Crippen LogP contribution in [0.25, 0.3) is 0 Å². The van der Waals surface area contributed by atoms with Crippen LogP contribution in [0.3, 0.4) is 0 Å². The summed E-state index contributed by atoms with van der Waals surface area (Å²) in [6.07, 6.45) is 1.94. The third-order valence-electron chi connectivity index (χ3n) is 1.66. The van der Waals surface area contributed by atoms with E-state index in [4.69, 9.17) is 0 Å². The number of carbonyl (C=O) groups is 1. The van der Waals surface area contributed by atoms with E-state index in [1.54, 1.807) is 6.20 Å². The predicted molar refractivity (Wildman–Crippen MR) is 52.4 cm³/mol. The maximum atomic E-state index is 10.9. The van der Waals surface area contributed by atoms with Gasteiger partial charge in [-0.2, -0.15) is 0 Å². The van der Waals surface area contributed by atoms with Crippen molar-refractivity contribution >= 4 is 21.9 Å². The zero-order valence-corrected chi connectivity index (χ0v) is 9.09. The number of aromatic nitrogens is 1. The lowest BCUT2D eigenvalue weighted by molar-refractivity contribution is -0.139. The number of aryl methyl sites for hydroxylation is 1. The van der Waals surface area contributed by atoms with Gasteiger partial charge in [0, 0.05) is 10.7 Å². The molecule has 1 aromatic heterocycles. The lowest BCUT2D eigenvalue weighted by atomic mass is 10.2. The van der Waals surface area contributed by atoms with Gasteiger partial charge in [0.1, 0.15) is 0 Å². The van der Waals surface area contributed by atoms with Crippen LogP contribution >= 0.6 is 15.9 Å². The first-order valence-electron chi connectivity index (χ1n) is 3.81. The average molecular weight is 244 g/mol. The van der Waals surface area contributed by atoms with E-state index in [1.807, 2.05) is 13.0 Å². The van der Waals surface area contributed by atoms with Crippen molar-refractivity contribution in [2.45, 2.75) is 13.3 Å². The van der Waals surface area contributed by atoms with Gasteiger partial charge in [0.05, 0.1) is 19.2 Å². The molecule has 0 amide bonds. The Labute approximate surface area is 85.3 Å². The molecule has 0 atom stereocenters. The number of ether oxygens (including phenoxy) is 1. The number of methoxy groups -OCH3 is 1. The van der Waals surface area contributed by atoms with Crippen LogP contribution in [0.4, 0.5) is 0 Å². The maximum Gasteiger partial charge on any atom is 0.310 e. The lowest BCUT2D eigenvalue weighted by Crippen LogP contribution is -2.04. The standard InChI is InChI=1S/C9H10BrNO2/c1-6-8(10)3-7(5-11-6)4-9(12)13-2/h3,5H,4H2,1-2H3. The molecule has 70 valence electrons. The fraction of sp³-hybridized carbons (Fsp3) is 0.333. The molecule has 0 saturated heterocycles. The molecule has 0 aliphatic rings. The van der Waals surface area contributed by atoms with Crippen LogP contribution in [0, 0.1) is 6.92 Å². The molecule has 0 aliphatic heterocycles. The second-order valence-electron chi connectivity index (χ2n) is 2.66. The lowest BCUT2D eigenvalue weighted by Gasteiger charge is -2.01. The maximum absolute atomic E-state index is 10.9. The Morgan fingerprint density at radius 1 is 1.69 bits per heavy atom. The Bertz CT molecular complexity index is 325. The van der Waals surface area contributed by atoms with Crippen molar-refractivity contribution in [3.05, 3.63) is 28.0 Å². The molecule has 0 unspecified atom stereocenters. The fourth-order valence-corrected chi connectivity index (χ4v) is 1.28. The molecule has 0 fully saturated rings. The molecule has 0 aliphatic carbocycles. The summed E-state index contributed by atoms with van der Waals surface area (Å²) in [7, 11) is 1.37. The number of nitrogens with zero attached hydrogens (tertiary/aromatic N) is 1. The molecular weight excluding hydrogens is 234 g/mol. The summed E-state index contributed by atoms with van der Waals surface area (Å²) in [5, 5.41) is 0. The molecule has 0 N–H and O–H groups in total. The Balaban J connectivity index is 2.79. The Kier molecular flexibility index (Phi) is 3.42. The molecule has 0 radical (unpaired) electrons. The van der Waals surface area contributed by atoms with Gasteiger partial charge in [0.25, 0.3) is 0 Å². The summed E-state index contributed by atoms with van der Waals surface area (Å²) in [5.41, 5.74) is 1.76. The van der Waals surface area contributed by atoms with Gasteiger partial charge < -0.3 is 4.74 Å². The number of carbonyl (C=O) groups excluding carboxylic acids is 1. The topological polar surface area (TPSA) is 39.2 Å².